The molecule has 0 amide bonds. The number of H-pyrrole nitrogens is 1. The number of piperidine rings is 1. The van der Waals surface area contributed by atoms with Crippen molar-refractivity contribution in [1.82, 2.24) is 15.2 Å². The minimum absolute atomic E-state index is 0.233. The average molecular weight is 255 g/mol. The van der Waals surface area contributed by atoms with Gasteiger partial charge in [-0.3, -0.25) is 5.10 Å². The Morgan fingerprint density at radius 1 is 1.59 bits per heavy atom. The van der Waals surface area contributed by atoms with Crippen molar-refractivity contribution in [3.8, 4) is 0 Å². The van der Waals surface area contributed by atoms with Gasteiger partial charge in [-0.15, -0.1) is 5.10 Å². The van der Waals surface area contributed by atoms with Gasteiger partial charge in [0.1, 0.15) is 5.82 Å². The fourth-order valence-corrected chi connectivity index (χ4v) is 2.42. The van der Waals surface area contributed by atoms with Crippen LogP contribution in [0.3, 0.4) is 0 Å². The summed E-state index contributed by atoms with van der Waals surface area (Å²) in [5.74, 6) is 3.46. The molecule has 96 valence electrons. The highest BCUT2D eigenvalue weighted by Gasteiger charge is 2.25. The smallest absolute Gasteiger partial charge is 0.244 e. The molecule has 2 atom stereocenters. The maximum Gasteiger partial charge on any atom is 0.244 e. The van der Waals surface area contributed by atoms with Crippen LogP contribution < -0.4 is 10.6 Å². The first-order chi connectivity index (χ1) is 8.20. The monoisotopic (exact) mass is 255 g/mol. The van der Waals surface area contributed by atoms with Crippen LogP contribution in [-0.2, 0) is 6.42 Å². The normalized spacial score (nSPS) is 25.2. The molecular weight excluding hydrogens is 234 g/mol. The van der Waals surface area contributed by atoms with Gasteiger partial charge in [0.25, 0.3) is 0 Å². The first-order valence-corrected chi connectivity index (χ1v) is 7.51. The van der Waals surface area contributed by atoms with Gasteiger partial charge in [0.05, 0.1) is 0 Å². The molecule has 1 fully saturated rings. The Balaban J connectivity index is 1.95. The summed E-state index contributed by atoms with van der Waals surface area (Å²) < 4.78 is 0. The number of aromatic nitrogens is 3. The molecule has 0 spiro atoms. The van der Waals surface area contributed by atoms with E-state index in [2.05, 4.69) is 33.3 Å². The second kappa shape index (κ2) is 5.73. The minimum atomic E-state index is 0.233. The zero-order valence-electron chi connectivity index (χ0n) is 10.5. The first-order valence-electron chi connectivity index (χ1n) is 6.11. The topological polar surface area (TPSA) is 70.8 Å². The predicted molar refractivity (Wildman–Crippen MR) is 72.4 cm³/mol. The lowest BCUT2D eigenvalue weighted by molar-refractivity contribution is 0.376. The number of nitrogens with one attached hydrogen (secondary N) is 1. The van der Waals surface area contributed by atoms with E-state index in [1.807, 2.05) is 11.8 Å². The summed E-state index contributed by atoms with van der Waals surface area (Å²) in [7, 11) is 0. The number of anilines is 1. The lowest BCUT2D eigenvalue weighted by atomic mass is 9.95. The molecule has 0 aliphatic carbocycles. The molecule has 0 saturated carbocycles. The van der Waals surface area contributed by atoms with E-state index in [1.54, 1.807) is 0 Å². The summed E-state index contributed by atoms with van der Waals surface area (Å²) >= 11 is 1.82. The van der Waals surface area contributed by atoms with E-state index in [1.165, 1.54) is 0 Å². The van der Waals surface area contributed by atoms with Crippen LogP contribution in [0.25, 0.3) is 0 Å². The number of hydrogen-bond donors (Lipinski definition) is 2. The van der Waals surface area contributed by atoms with Crippen LogP contribution in [0, 0.1) is 5.92 Å². The highest BCUT2D eigenvalue weighted by molar-refractivity contribution is 7.98. The summed E-state index contributed by atoms with van der Waals surface area (Å²) in [6, 6.07) is 0.233. The molecule has 1 aliphatic heterocycles. The quantitative estimate of drug-likeness (QED) is 0.836. The maximum absolute atomic E-state index is 6.08. The standard InChI is InChI=1S/C11H21N5S/c1-8-3-5-16(7-9(8)12)11-13-10(14-15-11)4-6-17-2/h8-9H,3-7,12H2,1-2H3,(H,13,14,15). The van der Waals surface area contributed by atoms with Crippen molar-refractivity contribution in [2.45, 2.75) is 25.8 Å². The second-order valence-electron chi connectivity index (χ2n) is 4.70. The fraction of sp³-hybridized carbons (Fsp3) is 0.818. The summed E-state index contributed by atoms with van der Waals surface area (Å²) in [4.78, 5) is 6.71. The molecule has 17 heavy (non-hydrogen) atoms. The van der Waals surface area contributed by atoms with Gasteiger partial charge < -0.3 is 10.6 Å². The van der Waals surface area contributed by atoms with Gasteiger partial charge in [-0.05, 0) is 18.6 Å². The number of hydrogen-bond acceptors (Lipinski definition) is 5. The van der Waals surface area contributed by atoms with Gasteiger partial charge in [0, 0.05) is 31.3 Å². The highest BCUT2D eigenvalue weighted by Crippen LogP contribution is 2.19. The van der Waals surface area contributed by atoms with E-state index >= 15 is 0 Å². The van der Waals surface area contributed by atoms with E-state index in [0.29, 0.717) is 5.92 Å². The Morgan fingerprint density at radius 2 is 2.41 bits per heavy atom. The van der Waals surface area contributed by atoms with Crippen molar-refractivity contribution in [2.75, 3.05) is 30.0 Å². The van der Waals surface area contributed by atoms with Gasteiger partial charge in [0.15, 0.2) is 0 Å². The van der Waals surface area contributed by atoms with Crippen molar-refractivity contribution in [2.24, 2.45) is 11.7 Å². The van der Waals surface area contributed by atoms with Crippen LogP contribution in [0.5, 0.6) is 0 Å². The number of rotatable bonds is 4. The van der Waals surface area contributed by atoms with E-state index in [9.17, 15) is 0 Å². The number of thioether (sulfide) groups is 1. The molecule has 0 aromatic carbocycles. The molecular formula is C11H21N5S. The Hall–Kier alpha value is -0.750. The highest BCUT2D eigenvalue weighted by atomic mass is 32.2. The van der Waals surface area contributed by atoms with Crippen molar-refractivity contribution in [3.63, 3.8) is 0 Å². The molecule has 0 bridgehead atoms. The first kappa shape index (κ1) is 12.7. The van der Waals surface area contributed by atoms with Crippen LogP contribution in [-0.4, -0.2) is 46.3 Å². The van der Waals surface area contributed by atoms with Crippen LogP contribution in [0.4, 0.5) is 5.95 Å². The molecule has 2 heterocycles. The molecule has 0 radical (unpaired) electrons. The maximum atomic E-state index is 6.08. The SMILES string of the molecule is CSCCc1nc(N2CCC(C)C(N)C2)n[nH]1. The molecule has 1 aromatic heterocycles. The van der Waals surface area contributed by atoms with Gasteiger partial charge >= 0.3 is 0 Å². The molecule has 1 aromatic rings. The van der Waals surface area contributed by atoms with Gasteiger partial charge in [-0.25, -0.2) is 0 Å². The lowest BCUT2D eigenvalue weighted by Gasteiger charge is -2.34. The number of nitrogens with two attached hydrogens (primary N) is 1. The number of nitrogens with zero attached hydrogens (tertiary/aromatic N) is 3. The zero-order valence-corrected chi connectivity index (χ0v) is 11.3. The van der Waals surface area contributed by atoms with Crippen molar-refractivity contribution in [1.29, 1.82) is 0 Å². The average Bonchev–Trinajstić information content (AvgIpc) is 2.79. The zero-order chi connectivity index (χ0) is 12.3. The van der Waals surface area contributed by atoms with Gasteiger partial charge in [0.2, 0.25) is 5.95 Å². The van der Waals surface area contributed by atoms with Crippen LogP contribution >= 0.6 is 11.8 Å². The molecule has 1 saturated heterocycles. The predicted octanol–water partition coefficient (Wildman–Crippen LogP) is 0.884. The van der Waals surface area contributed by atoms with E-state index in [4.69, 9.17) is 5.73 Å². The van der Waals surface area contributed by atoms with Crippen molar-refractivity contribution in [3.05, 3.63) is 5.82 Å². The van der Waals surface area contributed by atoms with Crippen LogP contribution in [0.2, 0.25) is 0 Å². The molecule has 2 rings (SSSR count). The van der Waals surface area contributed by atoms with E-state index in [-0.39, 0.29) is 6.04 Å². The van der Waals surface area contributed by atoms with Gasteiger partial charge in [-0.2, -0.15) is 16.7 Å². The van der Waals surface area contributed by atoms with E-state index in [0.717, 1.165) is 43.5 Å². The third-order valence-electron chi connectivity index (χ3n) is 3.36. The van der Waals surface area contributed by atoms with Crippen molar-refractivity contribution < 1.29 is 0 Å². The Labute approximate surface area is 107 Å². The molecule has 6 heteroatoms. The lowest BCUT2D eigenvalue weighted by Crippen LogP contribution is -2.48. The second-order valence-corrected chi connectivity index (χ2v) is 5.69. The van der Waals surface area contributed by atoms with Crippen LogP contribution in [0.1, 0.15) is 19.2 Å². The number of aromatic amines is 1. The largest absolute Gasteiger partial charge is 0.338 e. The summed E-state index contributed by atoms with van der Waals surface area (Å²) in [6.45, 7) is 4.08. The summed E-state index contributed by atoms with van der Waals surface area (Å²) in [6.07, 6.45) is 4.17. The van der Waals surface area contributed by atoms with Gasteiger partial charge in [-0.1, -0.05) is 6.92 Å². The van der Waals surface area contributed by atoms with E-state index < -0.39 is 0 Å². The molecule has 5 nitrogen and oxygen atoms in total. The fourth-order valence-electron chi connectivity index (χ4n) is 2.02. The van der Waals surface area contributed by atoms with Crippen molar-refractivity contribution >= 4 is 17.7 Å². The molecule has 1 aliphatic rings. The minimum Gasteiger partial charge on any atom is -0.338 e. The Morgan fingerprint density at radius 3 is 3.12 bits per heavy atom. The molecule has 3 N–H and O–H groups in total. The summed E-state index contributed by atoms with van der Waals surface area (Å²) in [5, 5.41) is 7.28. The molecule has 2 unspecified atom stereocenters. The van der Waals surface area contributed by atoms with Crippen LogP contribution in [0.15, 0.2) is 0 Å². The summed E-state index contributed by atoms with van der Waals surface area (Å²) in [5.41, 5.74) is 6.08. The third kappa shape index (κ3) is 3.13. The number of aryl methyl sites for hydroxylation is 1. The Kier molecular flexibility index (Phi) is 4.28. The Bertz CT molecular complexity index is 353. The third-order valence-corrected chi connectivity index (χ3v) is 3.97.